The van der Waals surface area contributed by atoms with Crippen LogP contribution in [0.4, 0.5) is 18.3 Å². The van der Waals surface area contributed by atoms with Crippen LogP contribution in [0.5, 0.6) is 0 Å². The molecule has 0 unspecified atom stereocenters. The molecule has 1 amide bonds. The Hall–Kier alpha value is -3.02. The van der Waals surface area contributed by atoms with E-state index in [1.807, 2.05) is 0 Å². The van der Waals surface area contributed by atoms with Gasteiger partial charge in [0.15, 0.2) is 5.13 Å². The fourth-order valence-corrected chi connectivity index (χ4v) is 4.22. The van der Waals surface area contributed by atoms with E-state index in [0.717, 1.165) is 47.7 Å². The lowest BCUT2D eigenvalue weighted by Gasteiger charge is -2.08. The molecule has 0 aliphatic heterocycles. The number of nitrogens with one attached hydrogen (secondary N) is 2. The van der Waals surface area contributed by atoms with Crippen molar-refractivity contribution in [3.63, 3.8) is 0 Å². The summed E-state index contributed by atoms with van der Waals surface area (Å²) in [5.41, 5.74) is -0.0948. The molecule has 0 aliphatic rings. The molecule has 0 radical (unpaired) electrons. The maximum Gasteiger partial charge on any atom is 0.257 e. The fourth-order valence-electron chi connectivity index (χ4n) is 2.41. The number of sulfonamides is 1. The lowest BCUT2D eigenvalue weighted by molar-refractivity contribution is 0.102. The summed E-state index contributed by atoms with van der Waals surface area (Å²) in [5, 5.41) is 3.91. The van der Waals surface area contributed by atoms with E-state index >= 15 is 0 Å². The SMILES string of the molecule is C=CCNS(=O)(=O)c1cc(C(=O)Nc2nc(-c3cc(F)ccc3F)cs2)ccc1F. The van der Waals surface area contributed by atoms with Crippen LogP contribution >= 0.6 is 11.3 Å². The van der Waals surface area contributed by atoms with Crippen LogP contribution in [0.15, 0.2) is 59.3 Å². The highest BCUT2D eigenvalue weighted by atomic mass is 32.2. The van der Waals surface area contributed by atoms with Crippen LogP contribution < -0.4 is 10.0 Å². The molecule has 0 saturated heterocycles. The standard InChI is InChI=1S/C19H14F3N3O3S2/c1-2-7-23-30(27,28)17-8-11(3-5-15(17)22)18(26)25-19-24-16(10-29-19)13-9-12(20)4-6-14(13)21/h2-6,8-10,23H,1,7H2,(H,24,25,26). The molecule has 30 heavy (non-hydrogen) atoms. The second-order valence-electron chi connectivity index (χ2n) is 5.90. The number of carbonyl (C=O) groups is 1. The number of hydrogen-bond donors (Lipinski definition) is 2. The maximum absolute atomic E-state index is 14.0. The monoisotopic (exact) mass is 453 g/mol. The smallest absolute Gasteiger partial charge is 0.257 e. The highest BCUT2D eigenvalue weighted by Crippen LogP contribution is 2.28. The molecule has 2 aromatic carbocycles. The van der Waals surface area contributed by atoms with Crippen molar-refractivity contribution < 1.29 is 26.4 Å². The molecule has 0 fully saturated rings. The van der Waals surface area contributed by atoms with Crippen LogP contribution in [0.25, 0.3) is 11.3 Å². The van der Waals surface area contributed by atoms with Crippen molar-refractivity contribution in [3.05, 3.63) is 77.4 Å². The molecule has 0 aliphatic carbocycles. The number of thiazole rings is 1. The molecule has 1 heterocycles. The summed E-state index contributed by atoms with van der Waals surface area (Å²) in [6.45, 7) is 3.26. The topological polar surface area (TPSA) is 88.2 Å². The van der Waals surface area contributed by atoms with Gasteiger partial charge in [0.2, 0.25) is 10.0 Å². The zero-order chi connectivity index (χ0) is 21.9. The van der Waals surface area contributed by atoms with E-state index in [4.69, 9.17) is 0 Å². The summed E-state index contributed by atoms with van der Waals surface area (Å²) in [7, 11) is -4.19. The second-order valence-corrected chi connectivity index (χ2v) is 8.50. The van der Waals surface area contributed by atoms with Gasteiger partial charge in [0.25, 0.3) is 5.91 Å². The maximum atomic E-state index is 14.0. The Balaban J connectivity index is 1.84. The zero-order valence-electron chi connectivity index (χ0n) is 15.2. The molecule has 11 heteroatoms. The number of rotatable bonds is 7. The fraction of sp³-hybridized carbons (Fsp3) is 0.0526. The van der Waals surface area contributed by atoms with Gasteiger partial charge in [-0.3, -0.25) is 10.1 Å². The molecule has 3 rings (SSSR count). The third kappa shape index (κ3) is 4.75. The summed E-state index contributed by atoms with van der Waals surface area (Å²) in [5.74, 6) is -3.10. The largest absolute Gasteiger partial charge is 0.298 e. The Kier molecular flexibility index (Phi) is 6.34. The average molecular weight is 453 g/mol. The number of hydrogen-bond acceptors (Lipinski definition) is 5. The van der Waals surface area contributed by atoms with Gasteiger partial charge in [0, 0.05) is 23.1 Å². The van der Waals surface area contributed by atoms with Gasteiger partial charge in [-0.05, 0) is 36.4 Å². The van der Waals surface area contributed by atoms with Crippen molar-refractivity contribution >= 4 is 32.4 Å². The quantitative estimate of drug-likeness (QED) is 0.531. The molecule has 0 bridgehead atoms. The van der Waals surface area contributed by atoms with Crippen LogP contribution in [0, 0.1) is 17.5 Å². The lowest BCUT2D eigenvalue weighted by Crippen LogP contribution is -2.25. The van der Waals surface area contributed by atoms with Gasteiger partial charge in [0.1, 0.15) is 22.3 Å². The van der Waals surface area contributed by atoms with E-state index in [9.17, 15) is 26.4 Å². The minimum atomic E-state index is -4.19. The molecular weight excluding hydrogens is 439 g/mol. The van der Waals surface area contributed by atoms with E-state index in [2.05, 4.69) is 21.6 Å². The van der Waals surface area contributed by atoms with Gasteiger partial charge in [-0.15, -0.1) is 17.9 Å². The Morgan fingerprint density at radius 3 is 2.60 bits per heavy atom. The molecule has 2 N–H and O–H groups in total. The lowest BCUT2D eigenvalue weighted by atomic mass is 10.1. The minimum Gasteiger partial charge on any atom is -0.298 e. The number of carbonyl (C=O) groups excluding carboxylic acids is 1. The molecule has 156 valence electrons. The molecule has 0 saturated carbocycles. The predicted octanol–water partition coefficient (Wildman–Crippen LogP) is 3.94. The average Bonchev–Trinajstić information content (AvgIpc) is 3.16. The normalized spacial score (nSPS) is 11.3. The highest BCUT2D eigenvalue weighted by Gasteiger charge is 2.21. The zero-order valence-corrected chi connectivity index (χ0v) is 16.8. The van der Waals surface area contributed by atoms with Gasteiger partial charge in [-0.2, -0.15) is 0 Å². The second kappa shape index (κ2) is 8.78. The van der Waals surface area contributed by atoms with E-state index in [0.29, 0.717) is 0 Å². The predicted molar refractivity (Wildman–Crippen MR) is 107 cm³/mol. The molecule has 0 atom stereocenters. The first-order chi connectivity index (χ1) is 14.2. The van der Waals surface area contributed by atoms with Crippen LogP contribution in [-0.4, -0.2) is 25.9 Å². The van der Waals surface area contributed by atoms with Crippen LogP contribution in [0.1, 0.15) is 10.4 Å². The van der Waals surface area contributed by atoms with Gasteiger partial charge in [-0.1, -0.05) is 6.08 Å². The molecule has 0 spiro atoms. The minimum absolute atomic E-state index is 0.0668. The first-order valence-electron chi connectivity index (χ1n) is 8.33. The first-order valence-corrected chi connectivity index (χ1v) is 10.7. The summed E-state index contributed by atoms with van der Waals surface area (Å²) in [6.07, 6.45) is 1.29. The van der Waals surface area contributed by atoms with Crippen molar-refractivity contribution in [2.45, 2.75) is 4.90 Å². The molecule has 1 aromatic heterocycles. The summed E-state index contributed by atoms with van der Waals surface area (Å²) in [4.78, 5) is 15.8. The summed E-state index contributed by atoms with van der Waals surface area (Å²) in [6, 6.07) is 5.76. The molecular formula is C19H14F3N3O3S2. The number of nitrogens with zero attached hydrogens (tertiary/aromatic N) is 1. The Bertz CT molecular complexity index is 1230. The number of anilines is 1. The van der Waals surface area contributed by atoms with Gasteiger partial charge in [-0.25, -0.2) is 31.3 Å². The van der Waals surface area contributed by atoms with E-state index < -0.39 is 38.3 Å². The number of amides is 1. The highest BCUT2D eigenvalue weighted by molar-refractivity contribution is 7.89. The van der Waals surface area contributed by atoms with Crippen LogP contribution in [0.3, 0.4) is 0 Å². The molecule has 3 aromatic rings. The van der Waals surface area contributed by atoms with Gasteiger partial charge in [0.05, 0.1) is 5.69 Å². The summed E-state index contributed by atoms with van der Waals surface area (Å²) >= 11 is 0.958. The van der Waals surface area contributed by atoms with Crippen molar-refractivity contribution in [1.82, 2.24) is 9.71 Å². The van der Waals surface area contributed by atoms with E-state index in [1.54, 1.807) is 0 Å². The number of benzene rings is 2. The Morgan fingerprint density at radius 2 is 1.87 bits per heavy atom. The summed E-state index contributed by atoms with van der Waals surface area (Å²) < 4.78 is 67.7. The Labute approximate surface area is 174 Å². The molecule has 6 nitrogen and oxygen atoms in total. The first kappa shape index (κ1) is 21.7. The van der Waals surface area contributed by atoms with E-state index in [1.165, 1.54) is 11.5 Å². The number of halogens is 3. The van der Waals surface area contributed by atoms with Crippen LogP contribution in [0.2, 0.25) is 0 Å². The van der Waals surface area contributed by atoms with Crippen molar-refractivity contribution in [2.75, 3.05) is 11.9 Å². The van der Waals surface area contributed by atoms with Gasteiger partial charge < -0.3 is 0 Å². The third-order valence-electron chi connectivity index (χ3n) is 3.83. The van der Waals surface area contributed by atoms with Crippen molar-refractivity contribution in [3.8, 4) is 11.3 Å². The Morgan fingerprint density at radius 1 is 1.13 bits per heavy atom. The van der Waals surface area contributed by atoms with Crippen molar-refractivity contribution in [1.29, 1.82) is 0 Å². The number of aromatic nitrogens is 1. The van der Waals surface area contributed by atoms with E-state index in [-0.39, 0.29) is 28.5 Å². The van der Waals surface area contributed by atoms with Crippen molar-refractivity contribution in [2.24, 2.45) is 0 Å². The van der Waals surface area contributed by atoms with Gasteiger partial charge >= 0.3 is 0 Å². The third-order valence-corrected chi connectivity index (χ3v) is 6.03. The van der Waals surface area contributed by atoms with Crippen LogP contribution in [-0.2, 0) is 10.0 Å².